The van der Waals surface area contributed by atoms with Crippen LogP contribution < -0.4 is 14.8 Å². The summed E-state index contributed by atoms with van der Waals surface area (Å²) in [4.78, 5) is 28.6. The fourth-order valence-electron chi connectivity index (χ4n) is 2.48. The van der Waals surface area contributed by atoms with E-state index in [2.05, 4.69) is 10.3 Å². The van der Waals surface area contributed by atoms with Gasteiger partial charge >= 0.3 is 5.97 Å². The number of carbonyl (C=O) groups is 2. The molecule has 2 aromatic carbocycles. The van der Waals surface area contributed by atoms with Crippen LogP contribution in [0.5, 0.6) is 11.5 Å². The first-order valence-corrected chi connectivity index (χ1v) is 9.71. The summed E-state index contributed by atoms with van der Waals surface area (Å²) in [6.07, 6.45) is 1.74. The number of amidine groups is 1. The van der Waals surface area contributed by atoms with Crippen molar-refractivity contribution in [1.82, 2.24) is 5.32 Å². The molecule has 0 radical (unpaired) electrons. The standard InChI is InChI=1S/C21H20N2O5S/c1-3-27-19(24)13-28-16-10-9-14(11-17(16)26-2)12-18-20(25)23-21(29-18)22-15-7-5-4-6-8-15/h4-12H,3,13H2,1-2H3,(H,22,23,25)/b18-12+. The lowest BCUT2D eigenvalue weighted by molar-refractivity contribution is -0.145. The lowest BCUT2D eigenvalue weighted by Gasteiger charge is -2.11. The lowest BCUT2D eigenvalue weighted by atomic mass is 10.2. The van der Waals surface area contributed by atoms with Crippen molar-refractivity contribution in [1.29, 1.82) is 0 Å². The van der Waals surface area contributed by atoms with Crippen molar-refractivity contribution in [3.05, 3.63) is 59.0 Å². The third-order valence-electron chi connectivity index (χ3n) is 3.77. The smallest absolute Gasteiger partial charge is 0.344 e. The highest BCUT2D eigenvalue weighted by Gasteiger charge is 2.24. The first-order chi connectivity index (χ1) is 14.1. The van der Waals surface area contributed by atoms with Crippen molar-refractivity contribution < 1.29 is 23.8 Å². The number of ether oxygens (including phenoxy) is 3. The van der Waals surface area contributed by atoms with Crippen molar-refractivity contribution in [2.75, 3.05) is 20.3 Å². The molecule has 0 aromatic heterocycles. The zero-order chi connectivity index (χ0) is 20.6. The molecule has 1 amide bonds. The molecule has 1 N–H and O–H groups in total. The van der Waals surface area contributed by atoms with Gasteiger partial charge in [0.05, 0.1) is 24.3 Å². The molecule has 0 aliphatic carbocycles. The number of hydrogen-bond acceptors (Lipinski definition) is 7. The molecule has 0 spiro atoms. The summed E-state index contributed by atoms with van der Waals surface area (Å²) >= 11 is 1.26. The second-order valence-electron chi connectivity index (χ2n) is 5.82. The monoisotopic (exact) mass is 412 g/mol. The lowest BCUT2D eigenvalue weighted by Crippen LogP contribution is -2.19. The number of esters is 1. The largest absolute Gasteiger partial charge is 0.493 e. The van der Waals surface area contributed by atoms with Crippen LogP contribution in [-0.2, 0) is 14.3 Å². The molecule has 8 heteroatoms. The maximum Gasteiger partial charge on any atom is 0.344 e. The third-order valence-corrected chi connectivity index (χ3v) is 4.68. The van der Waals surface area contributed by atoms with E-state index in [1.54, 1.807) is 31.2 Å². The van der Waals surface area contributed by atoms with Gasteiger partial charge in [0.15, 0.2) is 23.3 Å². The van der Waals surface area contributed by atoms with Crippen molar-refractivity contribution in [2.45, 2.75) is 6.92 Å². The van der Waals surface area contributed by atoms with Gasteiger partial charge in [0, 0.05) is 0 Å². The minimum Gasteiger partial charge on any atom is -0.493 e. The molecule has 1 saturated heterocycles. The molecule has 29 heavy (non-hydrogen) atoms. The molecular formula is C21H20N2O5S. The summed E-state index contributed by atoms with van der Waals surface area (Å²) in [6.45, 7) is 1.82. The number of para-hydroxylation sites is 1. The highest BCUT2D eigenvalue weighted by Crippen LogP contribution is 2.32. The molecule has 1 aliphatic rings. The van der Waals surface area contributed by atoms with Crippen LogP contribution in [-0.4, -0.2) is 37.4 Å². The Morgan fingerprint density at radius 2 is 1.97 bits per heavy atom. The maximum atomic E-state index is 12.3. The highest BCUT2D eigenvalue weighted by molar-refractivity contribution is 8.18. The Morgan fingerprint density at radius 3 is 2.69 bits per heavy atom. The fraction of sp³-hybridized carbons (Fsp3) is 0.190. The normalized spacial score (nSPS) is 16.0. The van der Waals surface area contributed by atoms with Crippen LogP contribution in [0.25, 0.3) is 6.08 Å². The Morgan fingerprint density at radius 1 is 1.17 bits per heavy atom. The van der Waals surface area contributed by atoms with Gasteiger partial charge in [0.2, 0.25) is 0 Å². The van der Waals surface area contributed by atoms with Crippen LogP contribution in [0.1, 0.15) is 12.5 Å². The topological polar surface area (TPSA) is 86.2 Å². The van der Waals surface area contributed by atoms with Crippen LogP contribution >= 0.6 is 11.8 Å². The third kappa shape index (κ3) is 5.61. The van der Waals surface area contributed by atoms with Crippen molar-refractivity contribution in [3.8, 4) is 11.5 Å². The Labute approximate surface area is 172 Å². The molecule has 1 aliphatic heterocycles. The Kier molecular flexibility index (Phi) is 6.91. The van der Waals surface area contributed by atoms with Crippen LogP contribution in [0.4, 0.5) is 5.69 Å². The van der Waals surface area contributed by atoms with Crippen molar-refractivity contribution in [3.63, 3.8) is 0 Å². The predicted octanol–water partition coefficient (Wildman–Crippen LogP) is 3.53. The minimum atomic E-state index is -0.454. The number of nitrogens with one attached hydrogen (secondary N) is 1. The number of nitrogens with zero attached hydrogens (tertiary/aromatic N) is 1. The fourth-order valence-corrected chi connectivity index (χ4v) is 3.33. The van der Waals surface area contributed by atoms with Gasteiger partial charge in [-0.05, 0) is 54.6 Å². The van der Waals surface area contributed by atoms with E-state index in [1.807, 2.05) is 30.3 Å². The number of methoxy groups -OCH3 is 1. The van der Waals surface area contributed by atoms with E-state index in [0.717, 1.165) is 11.3 Å². The van der Waals surface area contributed by atoms with E-state index in [0.29, 0.717) is 28.2 Å². The van der Waals surface area contributed by atoms with Gasteiger partial charge in [-0.3, -0.25) is 4.79 Å². The average Bonchev–Trinajstić information content (AvgIpc) is 3.06. The van der Waals surface area contributed by atoms with Gasteiger partial charge in [0.25, 0.3) is 5.91 Å². The van der Waals surface area contributed by atoms with Crippen LogP contribution in [0, 0.1) is 0 Å². The summed E-state index contributed by atoms with van der Waals surface area (Å²) in [6, 6.07) is 14.6. The van der Waals surface area contributed by atoms with E-state index in [1.165, 1.54) is 18.9 Å². The second kappa shape index (κ2) is 9.79. The van der Waals surface area contributed by atoms with E-state index in [-0.39, 0.29) is 12.5 Å². The number of hydrogen-bond donors (Lipinski definition) is 1. The molecule has 0 unspecified atom stereocenters. The zero-order valence-corrected chi connectivity index (χ0v) is 16.8. The van der Waals surface area contributed by atoms with Gasteiger partial charge in [-0.1, -0.05) is 24.3 Å². The summed E-state index contributed by atoms with van der Waals surface area (Å²) in [7, 11) is 1.51. The van der Waals surface area contributed by atoms with Gasteiger partial charge < -0.3 is 19.5 Å². The molecule has 1 heterocycles. The number of benzene rings is 2. The van der Waals surface area contributed by atoms with E-state index < -0.39 is 5.97 Å². The average molecular weight is 412 g/mol. The number of carbonyl (C=O) groups excluding carboxylic acids is 2. The highest BCUT2D eigenvalue weighted by atomic mass is 32.2. The van der Waals surface area contributed by atoms with Gasteiger partial charge in [-0.15, -0.1) is 0 Å². The minimum absolute atomic E-state index is 0.206. The molecule has 2 aromatic rings. The Bertz CT molecular complexity index is 957. The molecule has 0 bridgehead atoms. The molecule has 1 fully saturated rings. The number of amides is 1. The first-order valence-electron chi connectivity index (χ1n) is 8.90. The predicted molar refractivity (Wildman–Crippen MR) is 112 cm³/mol. The molecule has 0 atom stereocenters. The molecule has 7 nitrogen and oxygen atoms in total. The summed E-state index contributed by atoms with van der Waals surface area (Å²) < 4.78 is 15.6. The van der Waals surface area contributed by atoms with Crippen LogP contribution in [0.15, 0.2) is 58.4 Å². The summed E-state index contributed by atoms with van der Waals surface area (Å²) in [5, 5.41) is 3.28. The molecule has 150 valence electrons. The SMILES string of the molecule is CCOC(=O)COc1ccc(/C=C2/SC(=Nc3ccccc3)NC2=O)cc1OC. The van der Waals surface area contributed by atoms with Crippen molar-refractivity contribution in [2.24, 2.45) is 4.99 Å². The number of thioether (sulfide) groups is 1. The van der Waals surface area contributed by atoms with Crippen LogP contribution in [0.2, 0.25) is 0 Å². The molecule has 0 saturated carbocycles. The zero-order valence-electron chi connectivity index (χ0n) is 16.0. The van der Waals surface area contributed by atoms with Gasteiger partial charge in [0.1, 0.15) is 0 Å². The second-order valence-corrected chi connectivity index (χ2v) is 6.85. The summed E-state index contributed by atoms with van der Waals surface area (Å²) in [5.74, 6) is 0.194. The molecular weight excluding hydrogens is 392 g/mol. The summed E-state index contributed by atoms with van der Waals surface area (Å²) in [5.41, 5.74) is 1.52. The van der Waals surface area contributed by atoms with Gasteiger partial charge in [-0.2, -0.15) is 0 Å². The first kappa shape index (κ1) is 20.5. The number of aliphatic imine (C=N–C) groups is 1. The Balaban J connectivity index is 1.73. The van der Waals surface area contributed by atoms with E-state index in [4.69, 9.17) is 14.2 Å². The van der Waals surface area contributed by atoms with E-state index >= 15 is 0 Å². The maximum absolute atomic E-state index is 12.3. The Hall–Kier alpha value is -3.26. The number of rotatable bonds is 7. The quantitative estimate of drug-likeness (QED) is 0.553. The van der Waals surface area contributed by atoms with Gasteiger partial charge in [-0.25, -0.2) is 9.79 Å². The molecule has 3 rings (SSSR count). The van der Waals surface area contributed by atoms with E-state index in [9.17, 15) is 9.59 Å². The van der Waals surface area contributed by atoms with Crippen molar-refractivity contribution >= 4 is 40.6 Å². The van der Waals surface area contributed by atoms with Crippen LogP contribution in [0.3, 0.4) is 0 Å².